The molecule has 0 aliphatic rings. The third-order valence-electron chi connectivity index (χ3n) is 3.74. The van der Waals surface area contributed by atoms with Crippen molar-refractivity contribution in [2.75, 3.05) is 22.9 Å². The number of carbonyl (C=O) groups excluding carboxylic acids is 1. The van der Waals surface area contributed by atoms with Gasteiger partial charge in [0.05, 0.1) is 11.9 Å². The Labute approximate surface area is 166 Å². The first-order chi connectivity index (χ1) is 13.3. The maximum Gasteiger partial charge on any atom is 0.573 e. The van der Waals surface area contributed by atoms with Gasteiger partial charge in [-0.1, -0.05) is 0 Å². The smallest absolute Gasteiger partial charge is 0.481 e. The van der Waals surface area contributed by atoms with Gasteiger partial charge in [-0.25, -0.2) is 8.42 Å². The van der Waals surface area contributed by atoms with Gasteiger partial charge >= 0.3 is 6.36 Å². The van der Waals surface area contributed by atoms with Gasteiger partial charge in [-0.15, -0.1) is 13.2 Å². The van der Waals surface area contributed by atoms with Crippen molar-refractivity contribution in [3.63, 3.8) is 0 Å². The number of carbonyl (C=O) groups is 1. The monoisotopic (exact) mass is 432 g/mol. The fourth-order valence-electron chi connectivity index (χ4n) is 2.17. The van der Waals surface area contributed by atoms with Crippen molar-refractivity contribution in [1.29, 1.82) is 0 Å². The molecule has 1 atom stereocenters. The van der Waals surface area contributed by atoms with E-state index >= 15 is 0 Å². The zero-order valence-corrected chi connectivity index (χ0v) is 16.5. The molecule has 0 aliphatic heterocycles. The molecule has 0 aliphatic carbocycles. The molecule has 2 aromatic carbocycles. The highest BCUT2D eigenvalue weighted by atomic mass is 32.2. The molecule has 0 saturated heterocycles. The predicted octanol–water partition coefficient (Wildman–Crippen LogP) is 3.39. The van der Waals surface area contributed by atoms with Crippen LogP contribution in [-0.4, -0.2) is 40.1 Å². The SMILES string of the molecule is C[C@@H](Oc1ccc(N(C)S(C)(=O)=O)cc1)C(=O)Nc1ccc(OC(F)(F)F)cc1. The number of nitrogens with zero attached hydrogens (tertiary/aromatic N) is 1. The van der Waals surface area contributed by atoms with Crippen molar-refractivity contribution in [3.8, 4) is 11.5 Å². The second kappa shape index (κ2) is 8.60. The molecule has 11 heteroatoms. The lowest BCUT2D eigenvalue weighted by molar-refractivity contribution is -0.274. The van der Waals surface area contributed by atoms with Crippen molar-refractivity contribution in [2.45, 2.75) is 19.4 Å². The van der Waals surface area contributed by atoms with E-state index in [9.17, 15) is 26.4 Å². The Balaban J connectivity index is 1.95. The van der Waals surface area contributed by atoms with E-state index in [1.54, 1.807) is 0 Å². The van der Waals surface area contributed by atoms with Crippen LogP contribution in [0.3, 0.4) is 0 Å². The average molecular weight is 432 g/mol. The van der Waals surface area contributed by atoms with E-state index in [1.807, 2.05) is 0 Å². The second-order valence-electron chi connectivity index (χ2n) is 6.05. The Kier molecular flexibility index (Phi) is 6.62. The summed E-state index contributed by atoms with van der Waals surface area (Å²) in [6.45, 7) is 1.49. The largest absolute Gasteiger partial charge is 0.573 e. The Morgan fingerprint density at radius 3 is 2.03 bits per heavy atom. The quantitative estimate of drug-likeness (QED) is 0.725. The summed E-state index contributed by atoms with van der Waals surface area (Å²) in [5, 5.41) is 2.51. The molecule has 0 aromatic heterocycles. The maximum atomic E-state index is 12.2. The molecule has 0 bridgehead atoms. The number of benzene rings is 2. The minimum atomic E-state index is -4.79. The van der Waals surface area contributed by atoms with Crippen LogP contribution in [0.5, 0.6) is 11.5 Å². The lowest BCUT2D eigenvalue weighted by Gasteiger charge is -2.18. The van der Waals surface area contributed by atoms with Crippen LogP contribution in [0.2, 0.25) is 0 Å². The molecule has 7 nitrogen and oxygen atoms in total. The van der Waals surface area contributed by atoms with Crippen LogP contribution in [0.4, 0.5) is 24.5 Å². The number of anilines is 2. The number of amides is 1. The molecule has 0 spiro atoms. The fraction of sp³-hybridized carbons (Fsp3) is 0.278. The van der Waals surface area contributed by atoms with Crippen molar-refractivity contribution in [3.05, 3.63) is 48.5 Å². The number of halogens is 3. The Morgan fingerprint density at radius 2 is 1.55 bits per heavy atom. The third kappa shape index (κ3) is 6.86. The fourth-order valence-corrected chi connectivity index (χ4v) is 2.67. The molecule has 2 rings (SSSR count). The summed E-state index contributed by atoms with van der Waals surface area (Å²) in [4.78, 5) is 12.2. The number of sulfonamides is 1. The molecule has 158 valence electrons. The van der Waals surface area contributed by atoms with Crippen molar-refractivity contribution in [2.24, 2.45) is 0 Å². The van der Waals surface area contributed by atoms with E-state index in [4.69, 9.17) is 4.74 Å². The van der Waals surface area contributed by atoms with Crippen LogP contribution in [-0.2, 0) is 14.8 Å². The number of hydrogen-bond donors (Lipinski definition) is 1. The van der Waals surface area contributed by atoms with Gasteiger partial charge in [-0.05, 0) is 55.5 Å². The molecule has 29 heavy (non-hydrogen) atoms. The van der Waals surface area contributed by atoms with E-state index in [-0.39, 0.29) is 5.69 Å². The summed E-state index contributed by atoms with van der Waals surface area (Å²) in [5.41, 5.74) is 0.697. The summed E-state index contributed by atoms with van der Waals surface area (Å²) < 4.78 is 69.9. The molecule has 0 radical (unpaired) electrons. The highest BCUT2D eigenvalue weighted by Gasteiger charge is 2.31. The maximum absolute atomic E-state index is 12.2. The highest BCUT2D eigenvalue weighted by molar-refractivity contribution is 7.92. The van der Waals surface area contributed by atoms with Gasteiger partial charge in [0.1, 0.15) is 11.5 Å². The first-order valence-electron chi connectivity index (χ1n) is 8.22. The Morgan fingerprint density at radius 1 is 1.03 bits per heavy atom. The lowest BCUT2D eigenvalue weighted by atomic mass is 10.2. The van der Waals surface area contributed by atoms with Gasteiger partial charge in [0.25, 0.3) is 5.91 Å². The van der Waals surface area contributed by atoms with Crippen LogP contribution in [0.1, 0.15) is 6.92 Å². The molecular weight excluding hydrogens is 413 g/mol. The van der Waals surface area contributed by atoms with Gasteiger partial charge in [-0.2, -0.15) is 0 Å². The van der Waals surface area contributed by atoms with Crippen LogP contribution < -0.4 is 19.1 Å². The van der Waals surface area contributed by atoms with Crippen LogP contribution in [0.25, 0.3) is 0 Å². The van der Waals surface area contributed by atoms with E-state index in [1.165, 1.54) is 50.4 Å². The summed E-state index contributed by atoms with van der Waals surface area (Å²) in [6.07, 6.45) is -4.63. The zero-order chi connectivity index (χ0) is 21.8. The van der Waals surface area contributed by atoms with Gasteiger partial charge in [-0.3, -0.25) is 9.10 Å². The molecule has 1 amide bonds. The number of rotatable bonds is 7. The summed E-state index contributed by atoms with van der Waals surface area (Å²) >= 11 is 0. The Bertz CT molecular complexity index is 945. The van der Waals surface area contributed by atoms with Crippen molar-refractivity contribution < 1.29 is 35.9 Å². The predicted molar refractivity (Wildman–Crippen MR) is 102 cm³/mol. The number of ether oxygens (including phenoxy) is 2. The number of nitrogens with one attached hydrogen (secondary N) is 1. The molecule has 0 heterocycles. The molecule has 0 unspecified atom stereocenters. The highest BCUT2D eigenvalue weighted by Crippen LogP contribution is 2.24. The summed E-state index contributed by atoms with van der Waals surface area (Å²) in [6, 6.07) is 10.8. The summed E-state index contributed by atoms with van der Waals surface area (Å²) in [5.74, 6) is -0.585. The number of hydrogen-bond acceptors (Lipinski definition) is 5. The van der Waals surface area contributed by atoms with Gasteiger partial charge < -0.3 is 14.8 Å². The molecule has 0 fully saturated rings. The minimum absolute atomic E-state index is 0.269. The van der Waals surface area contributed by atoms with Crippen LogP contribution >= 0.6 is 0 Å². The van der Waals surface area contributed by atoms with E-state index in [0.29, 0.717) is 11.4 Å². The topological polar surface area (TPSA) is 84.9 Å². The normalized spacial score (nSPS) is 12.8. The number of alkyl halides is 3. The molecule has 2 aromatic rings. The Hall–Kier alpha value is -2.95. The summed E-state index contributed by atoms with van der Waals surface area (Å²) in [7, 11) is -1.99. The van der Waals surface area contributed by atoms with Crippen LogP contribution in [0.15, 0.2) is 48.5 Å². The second-order valence-corrected chi connectivity index (χ2v) is 8.06. The van der Waals surface area contributed by atoms with E-state index in [2.05, 4.69) is 10.1 Å². The third-order valence-corrected chi connectivity index (χ3v) is 4.94. The molecule has 0 saturated carbocycles. The van der Waals surface area contributed by atoms with E-state index in [0.717, 1.165) is 22.7 Å². The molecular formula is C18H19F3N2O5S. The van der Waals surface area contributed by atoms with Crippen molar-refractivity contribution in [1.82, 2.24) is 0 Å². The van der Waals surface area contributed by atoms with Crippen molar-refractivity contribution >= 4 is 27.3 Å². The van der Waals surface area contributed by atoms with Gasteiger partial charge in [0.2, 0.25) is 10.0 Å². The first kappa shape index (κ1) is 22.3. The van der Waals surface area contributed by atoms with E-state index < -0.39 is 34.1 Å². The average Bonchev–Trinajstić information content (AvgIpc) is 2.61. The first-order valence-corrected chi connectivity index (χ1v) is 10.1. The molecule has 1 N–H and O–H groups in total. The minimum Gasteiger partial charge on any atom is -0.481 e. The zero-order valence-electron chi connectivity index (χ0n) is 15.7. The van der Waals surface area contributed by atoms with Gasteiger partial charge in [0.15, 0.2) is 6.10 Å². The van der Waals surface area contributed by atoms with Gasteiger partial charge in [0, 0.05) is 12.7 Å². The lowest BCUT2D eigenvalue weighted by Crippen LogP contribution is -2.30. The van der Waals surface area contributed by atoms with Crippen LogP contribution in [0, 0.1) is 0 Å². The standard InChI is InChI=1S/C18H19F3N2O5S/c1-12(27-15-10-6-14(7-11-15)23(2)29(3,25)26)17(24)22-13-4-8-16(9-5-13)28-18(19,20)21/h4-12H,1-3H3,(H,22,24)/t12-/m1/s1.